The molecule has 3 unspecified atom stereocenters. The summed E-state index contributed by atoms with van der Waals surface area (Å²) in [6.07, 6.45) is 5.49. The Kier molecular flexibility index (Phi) is 4.98. The molecule has 94 valence electrons. The second-order valence-electron chi connectivity index (χ2n) is 5.17. The largest absolute Gasteiger partial charge is 0.315 e. The van der Waals surface area contributed by atoms with Crippen LogP contribution in [-0.4, -0.2) is 47.6 Å². The first-order chi connectivity index (χ1) is 7.83. The lowest BCUT2D eigenvalue weighted by Gasteiger charge is -2.41. The van der Waals surface area contributed by atoms with Crippen molar-refractivity contribution in [2.24, 2.45) is 0 Å². The van der Waals surface area contributed by atoms with E-state index in [1.54, 1.807) is 0 Å². The van der Waals surface area contributed by atoms with Crippen LogP contribution in [0.2, 0.25) is 0 Å². The summed E-state index contributed by atoms with van der Waals surface area (Å²) >= 11 is 2.18. The van der Waals surface area contributed by atoms with Crippen LogP contribution < -0.4 is 5.32 Å². The van der Waals surface area contributed by atoms with E-state index in [1.807, 2.05) is 0 Å². The first-order valence-electron chi connectivity index (χ1n) is 6.91. The molecule has 0 aromatic rings. The van der Waals surface area contributed by atoms with Crippen molar-refractivity contribution in [1.82, 2.24) is 10.2 Å². The van der Waals surface area contributed by atoms with Crippen LogP contribution in [0.1, 0.15) is 39.5 Å². The molecule has 0 aromatic carbocycles. The van der Waals surface area contributed by atoms with Crippen LogP contribution in [0, 0.1) is 0 Å². The number of rotatable bonds is 4. The number of nitrogens with one attached hydrogen (secondary N) is 1. The summed E-state index contributed by atoms with van der Waals surface area (Å²) in [5.41, 5.74) is 0. The zero-order valence-corrected chi connectivity index (χ0v) is 11.6. The molecule has 0 aromatic heterocycles. The maximum atomic E-state index is 3.52. The van der Waals surface area contributed by atoms with Crippen molar-refractivity contribution in [3.05, 3.63) is 0 Å². The highest BCUT2D eigenvalue weighted by molar-refractivity contribution is 7.99. The molecule has 1 N–H and O–H groups in total. The predicted molar refractivity (Wildman–Crippen MR) is 73.2 cm³/mol. The number of nitrogens with zero attached hydrogens (tertiary/aromatic N) is 1. The second-order valence-corrected chi connectivity index (χ2v) is 6.66. The molecule has 2 fully saturated rings. The van der Waals surface area contributed by atoms with Crippen molar-refractivity contribution in [3.63, 3.8) is 0 Å². The molecule has 2 rings (SSSR count). The first-order valence-corrected chi connectivity index (χ1v) is 7.96. The minimum absolute atomic E-state index is 0.811. The van der Waals surface area contributed by atoms with E-state index in [2.05, 4.69) is 35.8 Å². The summed E-state index contributed by atoms with van der Waals surface area (Å²) in [4.78, 5) is 2.82. The predicted octanol–water partition coefficient (Wildman–Crippen LogP) is 2.34. The molecule has 0 saturated carbocycles. The van der Waals surface area contributed by atoms with Crippen LogP contribution >= 0.6 is 11.8 Å². The van der Waals surface area contributed by atoms with Crippen LogP contribution in [0.15, 0.2) is 0 Å². The van der Waals surface area contributed by atoms with Gasteiger partial charge in [0.1, 0.15) is 0 Å². The Morgan fingerprint density at radius 2 is 2.25 bits per heavy atom. The smallest absolute Gasteiger partial charge is 0.0236 e. The number of hydrogen-bond acceptors (Lipinski definition) is 3. The summed E-state index contributed by atoms with van der Waals surface area (Å²) in [5, 5.41) is 4.35. The monoisotopic (exact) mass is 242 g/mol. The summed E-state index contributed by atoms with van der Waals surface area (Å²) in [6, 6.07) is 1.65. The normalized spacial score (nSPS) is 35.8. The van der Waals surface area contributed by atoms with Crippen molar-refractivity contribution >= 4 is 11.8 Å². The average Bonchev–Trinajstić information content (AvgIpc) is 2.80. The minimum atomic E-state index is 0.811. The third kappa shape index (κ3) is 2.93. The highest BCUT2D eigenvalue weighted by Crippen LogP contribution is 2.31. The van der Waals surface area contributed by atoms with Gasteiger partial charge in [-0.2, -0.15) is 11.8 Å². The summed E-state index contributed by atoms with van der Waals surface area (Å²) in [7, 11) is 0. The van der Waals surface area contributed by atoms with E-state index in [4.69, 9.17) is 0 Å². The zero-order valence-electron chi connectivity index (χ0n) is 10.7. The van der Waals surface area contributed by atoms with Gasteiger partial charge in [-0.15, -0.1) is 0 Å². The fourth-order valence-corrected chi connectivity index (χ4v) is 4.36. The SMILES string of the molecule is CCCN(C1CCNC1)C1CCCSC1C. The summed E-state index contributed by atoms with van der Waals surface area (Å²) in [6.45, 7) is 8.48. The molecule has 3 atom stereocenters. The van der Waals surface area contributed by atoms with Crippen molar-refractivity contribution in [1.29, 1.82) is 0 Å². The Bertz CT molecular complexity index is 204. The molecule has 2 nitrogen and oxygen atoms in total. The van der Waals surface area contributed by atoms with Gasteiger partial charge >= 0.3 is 0 Å². The lowest BCUT2D eigenvalue weighted by Crippen LogP contribution is -2.49. The van der Waals surface area contributed by atoms with Gasteiger partial charge in [0.25, 0.3) is 0 Å². The standard InChI is InChI=1S/C13H26N2S/c1-3-8-15(12-6-7-14-10-12)13-5-4-9-16-11(13)2/h11-14H,3-10H2,1-2H3. The highest BCUT2D eigenvalue weighted by Gasteiger charge is 2.32. The van der Waals surface area contributed by atoms with E-state index in [1.165, 1.54) is 51.1 Å². The van der Waals surface area contributed by atoms with E-state index >= 15 is 0 Å². The Morgan fingerprint density at radius 3 is 2.88 bits per heavy atom. The van der Waals surface area contributed by atoms with E-state index in [-0.39, 0.29) is 0 Å². The maximum Gasteiger partial charge on any atom is 0.0236 e. The Morgan fingerprint density at radius 1 is 1.38 bits per heavy atom. The number of hydrogen-bond donors (Lipinski definition) is 1. The van der Waals surface area contributed by atoms with Crippen LogP contribution in [0.5, 0.6) is 0 Å². The van der Waals surface area contributed by atoms with Gasteiger partial charge in [0.05, 0.1) is 0 Å². The summed E-state index contributed by atoms with van der Waals surface area (Å²) in [5.74, 6) is 1.38. The van der Waals surface area contributed by atoms with E-state index < -0.39 is 0 Å². The topological polar surface area (TPSA) is 15.3 Å². The fourth-order valence-electron chi connectivity index (χ4n) is 3.14. The van der Waals surface area contributed by atoms with Gasteiger partial charge in [-0.05, 0) is 44.5 Å². The molecular formula is C13H26N2S. The van der Waals surface area contributed by atoms with Crippen molar-refractivity contribution in [2.75, 3.05) is 25.4 Å². The molecular weight excluding hydrogens is 216 g/mol. The molecule has 3 heteroatoms. The molecule has 0 spiro atoms. The van der Waals surface area contributed by atoms with Gasteiger partial charge < -0.3 is 5.32 Å². The summed E-state index contributed by atoms with van der Waals surface area (Å²) < 4.78 is 0. The third-order valence-corrected chi connectivity index (χ3v) is 5.34. The Hall–Kier alpha value is 0.270. The van der Waals surface area contributed by atoms with Gasteiger partial charge in [-0.3, -0.25) is 4.90 Å². The highest BCUT2D eigenvalue weighted by atomic mass is 32.2. The zero-order chi connectivity index (χ0) is 11.4. The lowest BCUT2D eigenvalue weighted by molar-refractivity contribution is 0.132. The van der Waals surface area contributed by atoms with E-state index in [0.29, 0.717) is 0 Å². The molecule has 0 radical (unpaired) electrons. The Balaban J connectivity index is 1.98. The quantitative estimate of drug-likeness (QED) is 0.814. The van der Waals surface area contributed by atoms with Gasteiger partial charge in [0, 0.05) is 23.9 Å². The molecule has 2 saturated heterocycles. The molecule has 0 aliphatic carbocycles. The minimum Gasteiger partial charge on any atom is -0.315 e. The van der Waals surface area contributed by atoms with Gasteiger partial charge in [-0.25, -0.2) is 0 Å². The Labute approximate surface area is 105 Å². The average molecular weight is 242 g/mol. The molecule has 0 bridgehead atoms. The molecule has 0 amide bonds. The van der Waals surface area contributed by atoms with Gasteiger partial charge in [-0.1, -0.05) is 13.8 Å². The second kappa shape index (κ2) is 6.27. The van der Waals surface area contributed by atoms with Crippen molar-refractivity contribution in [3.8, 4) is 0 Å². The fraction of sp³-hybridized carbons (Fsp3) is 1.00. The van der Waals surface area contributed by atoms with Crippen LogP contribution in [0.25, 0.3) is 0 Å². The van der Waals surface area contributed by atoms with Crippen molar-refractivity contribution in [2.45, 2.75) is 56.9 Å². The molecule has 16 heavy (non-hydrogen) atoms. The van der Waals surface area contributed by atoms with Gasteiger partial charge in [0.15, 0.2) is 0 Å². The van der Waals surface area contributed by atoms with Crippen LogP contribution in [0.3, 0.4) is 0 Å². The van der Waals surface area contributed by atoms with Crippen LogP contribution in [0.4, 0.5) is 0 Å². The molecule has 2 aliphatic heterocycles. The van der Waals surface area contributed by atoms with Crippen molar-refractivity contribution < 1.29 is 0 Å². The maximum absolute atomic E-state index is 3.52. The third-order valence-electron chi connectivity index (χ3n) is 3.98. The molecule has 2 aliphatic rings. The molecule has 2 heterocycles. The van der Waals surface area contributed by atoms with Crippen LogP contribution in [-0.2, 0) is 0 Å². The van der Waals surface area contributed by atoms with Gasteiger partial charge in [0.2, 0.25) is 0 Å². The van der Waals surface area contributed by atoms with E-state index in [0.717, 1.165) is 17.3 Å². The first kappa shape index (κ1) is 12.7. The van der Waals surface area contributed by atoms with E-state index in [9.17, 15) is 0 Å². The lowest BCUT2D eigenvalue weighted by atomic mass is 10.0. The number of thioether (sulfide) groups is 1.